The van der Waals surface area contributed by atoms with Crippen LogP contribution < -0.4 is 17.6 Å². The first-order valence-corrected chi connectivity index (χ1v) is 1.97. The quantitative estimate of drug-likeness (QED) is 0.324. The van der Waals surface area contributed by atoms with E-state index in [1.165, 1.54) is 0 Å². The van der Waals surface area contributed by atoms with Crippen molar-refractivity contribution in [1.29, 1.82) is 0 Å². The standard InChI is InChI=1S/C2H8N2.CH2O3.H3N/c3-1-2-4;2-1(3)4;/h1-4H2;(H2,2,3,4);1H3. The van der Waals surface area contributed by atoms with Gasteiger partial charge in [-0.3, -0.25) is 0 Å². The zero-order valence-corrected chi connectivity index (χ0v) is 5.08. The van der Waals surface area contributed by atoms with Crippen molar-refractivity contribution >= 4 is 6.16 Å². The van der Waals surface area contributed by atoms with Crippen LogP contribution in [0, 0.1) is 0 Å². The Morgan fingerprint density at radius 3 is 1.33 bits per heavy atom. The molecule has 0 aliphatic carbocycles. The van der Waals surface area contributed by atoms with Crippen molar-refractivity contribution in [1.82, 2.24) is 6.15 Å². The Kier molecular flexibility index (Phi) is 27.4. The predicted molar refractivity (Wildman–Crippen MR) is 33.8 cm³/mol. The molecule has 0 aliphatic heterocycles. The topological polar surface area (TPSA) is 145 Å². The van der Waals surface area contributed by atoms with Gasteiger partial charge in [0.05, 0.1) is 0 Å². The molecule has 0 fully saturated rings. The van der Waals surface area contributed by atoms with Crippen molar-refractivity contribution in [2.24, 2.45) is 11.5 Å². The fourth-order valence-corrected chi connectivity index (χ4v) is 0. The van der Waals surface area contributed by atoms with E-state index in [2.05, 4.69) is 0 Å². The summed E-state index contributed by atoms with van der Waals surface area (Å²) in [6.07, 6.45) is -1.83. The van der Waals surface area contributed by atoms with Crippen LogP contribution in [-0.2, 0) is 0 Å². The first-order chi connectivity index (χ1) is 3.65. The van der Waals surface area contributed by atoms with E-state index < -0.39 is 6.16 Å². The van der Waals surface area contributed by atoms with Crippen molar-refractivity contribution in [2.75, 3.05) is 13.1 Å². The molecule has 58 valence electrons. The summed E-state index contributed by atoms with van der Waals surface area (Å²) in [5.41, 5.74) is 9.81. The Morgan fingerprint density at radius 1 is 1.22 bits per heavy atom. The van der Waals surface area contributed by atoms with Gasteiger partial charge in [-0.1, -0.05) is 0 Å². The van der Waals surface area contributed by atoms with Crippen LogP contribution in [-0.4, -0.2) is 29.5 Å². The van der Waals surface area contributed by atoms with E-state index in [1.54, 1.807) is 0 Å². The van der Waals surface area contributed by atoms with Crippen LogP contribution in [0.5, 0.6) is 0 Å². The third-order valence-electron chi connectivity index (χ3n) is 0.167. The lowest BCUT2D eigenvalue weighted by Gasteiger charge is -1.72. The molecule has 9 heavy (non-hydrogen) atoms. The molecule has 0 aromatic heterocycles. The minimum Gasteiger partial charge on any atom is -0.450 e. The second-order valence-electron chi connectivity index (χ2n) is 0.860. The first kappa shape index (κ1) is 15.7. The van der Waals surface area contributed by atoms with E-state index in [0.29, 0.717) is 13.1 Å². The Bertz CT molecular complexity index is 52.3. The van der Waals surface area contributed by atoms with Gasteiger partial charge in [-0.05, 0) is 0 Å². The molecule has 0 spiro atoms. The minimum atomic E-state index is -1.83. The van der Waals surface area contributed by atoms with Gasteiger partial charge in [0.2, 0.25) is 0 Å². The molecular formula is C3H13N3O3. The Labute approximate surface area is 53.0 Å². The smallest absolute Gasteiger partial charge is 0.450 e. The maximum Gasteiger partial charge on any atom is 0.503 e. The molecule has 0 aromatic rings. The zero-order valence-electron chi connectivity index (χ0n) is 5.08. The van der Waals surface area contributed by atoms with Crippen molar-refractivity contribution in [2.45, 2.75) is 0 Å². The number of nitrogens with two attached hydrogens (primary N) is 2. The second kappa shape index (κ2) is 15.7. The molecule has 0 aliphatic rings. The summed E-state index contributed by atoms with van der Waals surface area (Å²) in [5.74, 6) is 0. The normalized spacial score (nSPS) is 6.00. The number of hydrogen-bond acceptors (Lipinski definition) is 4. The van der Waals surface area contributed by atoms with Gasteiger partial charge in [-0.2, -0.15) is 0 Å². The number of rotatable bonds is 1. The molecule has 0 atom stereocenters. The van der Waals surface area contributed by atoms with E-state index in [4.69, 9.17) is 26.5 Å². The second-order valence-corrected chi connectivity index (χ2v) is 0.860. The highest BCUT2D eigenvalue weighted by atomic mass is 16.6. The molecule has 0 bridgehead atoms. The van der Waals surface area contributed by atoms with Gasteiger partial charge in [0.15, 0.2) is 0 Å². The fraction of sp³-hybridized carbons (Fsp3) is 0.667. The van der Waals surface area contributed by atoms with Crippen LogP contribution in [0.3, 0.4) is 0 Å². The molecule has 0 radical (unpaired) electrons. The molecule has 0 aromatic carbocycles. The molecule has 0 heterocycles. The summed E-state index contributed by atoms with van der Waals surface area (Å²) in [5, 5.41) is 13.9. The van der Waals surface area contributed by atoms with Crippen molar-refractivity contribution in [3.05, 3.63) is 0 Å². The SMILES string of the molecule is N.NCCN.O=C(O)O. The van der Waals surface area contributed by atoms with Crippen molar-refractivity contribution in [3.8, 4) is 0 Å². The fourth-order valence-electron chi connectivity index (χ4n) is 0. The zero-order chi connectivity index (χ0) is 6.99. The highest BCUT2D eigenvalue weighted by molar-refractivity contribution is 5.53. The van der Waals surface area contributed by atoms with E-state index in [-0.39, 0.29) is 6.15 Å². The van der Waals surface area contributed by atoms with Gasteiger partial charge >= 0.3 is 6.16 Å². The molecule has 9 N–H and O–H groups in total. The van der Waals surface area contributed by atoms with Crippen LogP contribution in [0.4, 0.5) is 4.79 Å². The molecular weight excluding hydrogens is 126 g/mol. The Morgan fingerprint density at radius 2 is 1.33 bits per heavy atom. The highest BCUT2D eigenvalue weighted by Gasteiger charge is 1.70. The lowest BCUT2D eigenvalue weighted by atomic mass is 10.7. The highest BCUT2D eigenvalue weighted by Crippen LogP contribution is 1.42. The van der Waals surface area contributed by atoms with Gasteiger partial charge in [-0.15, -0.1) is 0 Å². The summed E-state index contributed by atoms with van der Waals surface area (Å²) in [7, 11) is 0. The first-order valence-electron chi connectivity index (χ1n) is 1.97. The average molecular weight is 139 g/mol. The largest absolute Gasteiger partial charge is 0.503 e. The third-order valence-corrected chi connectivity index (χ3v) is 0.167. The third kappa shape index (κ3) is 8430. The molecule has 0 saturated carbocycles. The van der Waals surface area contributed by atoms with Gasteiger partial charge in [0, 0.05) is 13.1 Å². The van der Waals surface area contributed by atoms with Crippen LogP contribution in [0.2, 0.25) is 0 Å². The number of carbonyl (C=O) groups is 1. The van der Waals surface area contributed by atoms with Crippen LogP contribution in [0.1, 0.15) is 0 Å². The molecule has 0 unspecified atom stereocenters. The lowest BCUT2D eigenvalue weighted by Crippen LogP contribution is -2.11. The number of carboxylic acid groups (broad SMARTS) is 2. The van der Waals surface area contributed by atoms with Crippen LogP contribution in [0.15, 0.2) is 0 Å². The van der Waals surface area contributed by atoms with Gasteiger partial charge in [0.1, 0.15) is 0 Å². The summed E-state index contributed by atoms with van der Waals surface area (Å²) in [6.45, 7) is 1.19. The monoisotopic (exact) mass is 139 g/mol. The van der Waals surface area contributed by atoms with Crippen LogP contribution in [0.25, 0.3) is 0 Å². The van der Waals surface area contributed by atoms with Gasteiger partial charge in [-0.25, -0.2) is 4.79 Å². The van der Waals surface area contributed by atoms with Crippen LogP contribution >= 0.6 is 0 Å². The van der Waals surface area contributed by atoms with E-state index in [1.807, 2.05) is 0 Å². The Hall–Kier alpha value is -0.850. The molecule has 6 heteroatoms. The minimum absolute atomic E-state index is 0. The molecule has 0 saturated heterocycles. The number of hydrogen-bond donors (Lipinski definition) is 5. The van der Waals surface area contributed by atoms with E-state index in [9.17, 15) is 0 Å². The molecule has 6 nitrogen and oxygen atoms in total. The summed E-state index contributed by atoms with van der Waals surface area (Å²) >= 11 is 0. The van der Waals surface area contributed by atoms with Gasteiger partial charge < -0.3 is 27.8 Å². The average Bonchev–Trinajstić information content (AvgIpc) is 1.65. The maximum atomic E-state index is 8.56. The van der Waals surface area contributed by atoms with Crippen molar-refractivity contribution < 1.29 is 15.0 Å². The lowest BCUT2D eigenvalue weighted by molar-refractivity contribution is 0.137. The molecule has 0 amide bonds. The van der Waals surface area contributed by atoms with Crippen molar-refractivity contribution in [3.63, 3.8) is 0 Å². The van der Waals surface area contributed by atoms with E-state index in [0.717, 1.165) is 0 Å². The summed E-state index contributed by atoms with van der Waals surface area (Å²) in [4.78, 5) is 8.56. The van der Waals surface area contributed by atoms with E-state index >= 15 is 0 Å². The van der Waals surface area contributed by atoms with Gasteiger partial charge in [0.25, 0.3) is 0 Å². The Balaban J connectivity index is -0.0000000720. The maximum absolute atomic E-state index is 8.56. The summed E-state index contributed by atoms with van der Waals surface area (Å²) < 4.78 is 0. The predicted octanol–water partition coefficient (Wildman–Crippen LogP) is -0.712. The summed E-state index contributed by atoms with van der Waals surface area (Å²) in [6, 6.07) is 0. The molecule has 0 rings (SSSR count).